The van der Waals surface area contributed by atoms with Gasteiger partial charge in [-0.1, -0.05) is 0 Å². The summed E-state index contributed by atoms with van der Waals surface area (Å²) < 4.78 is 14.8. The molecule has 7 nitrogen and oxygen atoms in total. The Bertz CT molecular complexity index is 829. The summed E-state index contributed by atoms with van der Waals surface area (Å²) in [5.74, 6) is 0.352. The van der Waals surface area contributed by atoms with E-state index in [0.29, 0.717) is 25.5 Å². The second-order valence-corrected chi connectivity index (χ2v) is 7.87. The first-order chi connectivity index (χ1) is 13.7. The predicted octanol–water partition coefficient (Wildman–Crippen LogP) is 2.98. The van der Waals surface area contributed by atoms with Crippen molar-refractivity contribution in [1.29, 1.82) is 0 Å². The second kappa shape index (κ2) is 11.9. The number of guanidine groups is 1. The number of carbonyl (C=O) groups is 1. The molecule has 1 aromatic carbocycles. The average Bonchev–Trinajstić information content (AvgIpc) is 3.08. The molecule has 9 heteroatoms. The van der Waals surface area contributed by atoms with Crippen LogP contribution in [0, 0.1) is 5.82 Å². The molecule has 0 aliphatic rings. The summed E-state index contributed by atoms with van der Waals surface area (Å²) in [7, 11) is 1.84. The fourth-order valence-electron chi connectivity index (χ4n) is 2.73. The van der Waals surface area contributed by atoms with Gasteiger partial charge < -0.3 is 15.5 Å². The maximum atomic E-state index is 13.1. The molecule has 0 spiro atoms. The molecule has 1 heterocycles. The quantitative estimate of drug-likeness (QED) is 0.328. The zero-order valence-corrected chi connectivity index (χ0v) is 20.6. The van der Waals surface area contributed by atoms with Gasteiger partial charge in [0.25, 0.3) is 0 Å². The fraction of sp³-hybridized carbons (Fsp3) is 0.476. The van der Waals surface area contributed by atoms with E-state index < -0.39 is 0 Å². The lowest BCUT2D eigenvalue weighted by Crippen LogP contribution is -2.48. The first-order valence-electron chi connectivity index (χ1n) is 9.79. The summed E-state index contributed by atoms with van der Waals surface area (Å²) in [6.45, 7) is 9.32. The summed E-state index contributed by atoms with van der Waals surface area (Å²) >= 11 is 0. The number of aromatic nitrogens is 2. The van der Waals surface area contributed by atoms with Crippen molar-refractivity contribution >= 4 is 35.8 Å². The third kappa shape index (κ3) is 8.68. The molecule has 0 fully saturated rings. The van der Waals surface area contributed by atoms with Crippen LogP contribution in [0.5, 0.6) is 0 Å². The number of carbonyl (C=O) groups excluding carboxylic acids is 1. The van der Waals surface area contributed by atoms with E-state index in [1.807, 2.05) is 51.9 Å². The molecule has 0 radical (unpaired) electrons. The van der Waals surface area contributed by atoms with Crippen LogP contribution in [0.25, 0.3) is 5.69 Å². The van der Waals surface area contributed by atoms with Gasteiger partial charge in [-0.25, -0.2) is 9.07 Å². The Morgan fingerprint density at radius 2 is 1.90 bits per heavy atom. The molecular formula is C21H32FIN6O. The fourth-order valence-corrected chi connectivity index (χ4v) is 2.73. The summed E-state index contributed by atoms with van der Waals surface area (Å²) in [5, 5.41) is 10.7. The number of likely N-dealkylation sites (N-methyl/N-ethyl adjacent to an activating group) is 1. The number of benzene rings is 1. The van der Waals surface area contributed by atoms with Gasteiger partial charge >= 0.3 is 0 Å². The Balaban J connectivity index is 0.00000450. The Morgan fingerprint density at radius 3 is 2.50 bits per heavy atom. The molecule has 2 rings (SSSR count). The van der Waals surface area contributed by atoms with E-state index in [1.165, 1.54) is 12.1 Å². The lowest BCUT2D eigenvalue weighted by Gasteiger charge is -2.25. The molecule has 166 valence electrons. The van der Waals surface area contributed by atoms with E-state index in [4.69, 9.17) is 0 Å². The third-order valence-corrected chi connectivity index (χ3v) is 3.96. The Labute approximate surface area is 195 Å². The highest BCUT2D eigenvalue weighted by Gasteiger charge is 2.16. The van der Waals surface area contributed by atoms with E-state index in [0.717, 1.165) is 11.4 Å². The first-order valence-corrected chi connectivity index (χ1v) is 9.79. The normalized spacial score (nSPS) is 11.6. The van der Waals surface area contributed by atoms with Crippen LogP contribution in [0.3, 0.4) is 0 Å². The van der Waals surface area contributed by atoms with E-state index in [-0.39, 0.29) is 47.8 Å². The standard InChI is InChI=1S/C21H31FN6O.HI/c1-6-23-20(27(5)15-19(29)25-21(2,3)4)24-13-11-17-12-14-28(26-17)18-9-7-16(22)8-10-18;/h7-10,12,14H,6,11,13,15H2,1-5H3,(H,23,24)(H,25,29);1H. The van der Waals surface area contributed by atoms with Gasteiger partial charge in [0.05, 0.1) is 17.9 Å². The Kier molecular flexibility index (Phi) is 10.2. The number of hydrogen-bond donors (Lipinski definition) is 2. The second-order valence-electron chi connectivity index (χ2n) is 7.87. The SMILES string of the molecule is CCNC(=NCCc1ccn(-c2ccc(F)cc2)n1)N(C)CC(=O)NC(C)(C)C.I. The molecule has 0 bridgehead atoms. The molecule has 1 aromatic heterocycles. The van der Waals surface area contributed by atoms with Crippen molar-refractivity contribution in [2.24, 2.45) is 4.99 Å². The molecule has 2 aromatic rings. The number of rotatable bonds is 7. The number of hydrogen-bond acceptors (Lipinski definition) is 3. The topological polar surface area (TPSA) is 74.5 Å². The number of nitrogens with zero attached hydrogens (tertiary/aromatic N) is 4. The van der Waals surface area contributed by atoms with Crippen LogP contribution in [0.15, 0.2) is 41.5 Å². The smallest absolute Gasteiger partial charge is 0.240 e. The van der Waals surface area contributed by atoms with Gasteiger partial charge in [-0.15, -0.1) is 24.0 Å². The highest BCUT2D eigenvalue weighted by Crippen LogP contribution is 2.09. The molecule has 0 unspecified atom stereocenters. The molecule has 0 saturated heterocycles. The predicted molar refractivity (Wildman–Crippen MR) is 129 cm³/mol. The van der Waals surface area contributed by atoms with E-state index in [1.54, 1.807) is 16.8 Å². The summed E-state index contributed by atoms with van der Waals surface area (Å²) in [4.78, 5) is 18.6. The molecule has 1 amide bonds. The third-order valence-electron chi connectivity index (χ3n) is 3.96. The summed E-state index contributed by atoms with van der Waals surface area (Å²) in [5.41, 5.74) is 1.43. The minimum absolute atomic E-state index is 0. The molecule has 0 atom stereocenters. The molecule has 0 aliphatic carbocycles. The van der Waals surface area contributed by atoms with Crippen LogP contribution in [-0.2, 0) is 11.2 Å². The molecular weight excluding hydrogens is 498 g/mol. The molecule has 0 aliphatic heterocycles. The average molecular weight is 530 g/mol. The maximum Gasteiger partial charge on any atom is 0.240 e. The van der Waals surface area contributed by atoms with Crippen molar-refractivity contribution in [3.63, 3.8) is 0 Å². The monoisotopic (exact) mass is 530 g/mol. The largest absolute Gasteiger partial charge is 0.357 e. The van der Waals surface area contributed by atoms with Crippen molar-refractivity contribution < 1.29 is 9.18 Å². The number of nitrogens with one attached hydrogen (secondary N) is 2. The van der Waals surface area contributed by atoms with Crippen LogP contribution in [-0.4, -0.2) is 58.8 Å². The van der Waals surface area contributed by atoms with Crippen LogP contribution in [0.4, 0.5) is 4.39 Å². The van der Waals surface area contributed by atoms with Gasteiger partial charge in [0.2, 0.25) is 5.91 Å². The van der Waals surface area contributed by atoms with Gasteiger partial charge in [-0.05, 0) is 58.0 Å². The summed E-state index contributed by atoms with van der Waals surface area (Å²) in [6, 6.07) is 8.12. The Hall–Kier alpha value is -2.17. The zero-order chi connectivity index (χ0) is 21.4. The van der Waals surface area contributed by atoms with Gasteiger partial charge in [0, 0.05) is 38.3 Å². The highest BCUT2D eigenvalue weighted by atomic mass is 127. The number of aliphatic imine (C=N–C) groups is 1. The van der Waals surface area contributed by atoms with Gasteiger partial charge in [0.15, 0.2) is 5.96 Å². The summed E-state index contributed by atoms with van der Waals surface area (Å²) in [6.07, 6.45) is 2.51. The van der Waals surface area contributed by atoms with Gasteiger partial charge in [0.1, 0.15) is 5.82 Å². The van der Waals surface area contributed by atoms with Gasteiger partial charge in [-0.3, -0.25) is 9.79 Å². The van der Waals surface area contributed by atoms with Crippen molar-refractivity contribution in [3.8, 4) is 5.69 Å². The van der Waals surface area contributed by atoms with Crippen molar-refractivity contribution in [2.75, 3.05) is 26.7 Å². The van der Waals surface area contributed by atoms with E-state index in [9.17, 15) is 9.18 Å². The van der Waals surface area contributed by atoms with Crippen LogP contribution >= 0.6 is 24.0 Å². The number of halogens is 2. The highest BCUT2D eigenvalue weighted by molar-refractivity contribution is 14.0. The zero-order valence-electron chi connectivity index (χ0n) is 18.3. The van der Waals surface area contributed by atoms with Gasteiger partial charge in [-0.2, -0.15) is 5.10 Å². The van der Waals surface area contributed by atoms with Crippen molar-refractivity contribution in [3.05, 3.63) is 48.0 Å². The first kappa shape index (κ1) is 25.9. The molecule has 30 heavy (non-hydrogen) atoms. The number of amides is 1. The minimum atomic E-state index is -0.272. The van der Waals surface area contributed by atoms with Crippen LogP contribution in [0.2, 0.25) is 0 Å². The van der Waals surface area contributed by atoms with Crippen molar-refractivity contribution in [2.45, 2.75) is 39.7 Å². The minimum Gasteiger partial charge on any atom is -0.357 e. The maximum absolute atomic E-state index is 13.1. The van der Waals surface area contributed by atoms with Crippen LogP contribution < -0.4 is 10.6 Å². The van der Waals surface area contributed by atoms with Crippen LogP contribution in [0.1, 0.15) is 33.4 Å². The Morgan fingerprint density at radius 1 is 1.23 bits per heavy atom. The van der Waals surface area contributed by atoms with Crippen molar-refractivity contribution in [1.82, 2.24) is 25.3 Å². The lowest BCUT2D eigenvalue weighted by atomic mass is 10.1. The molecule has 2 N–H and O–H groups in total. The molecule has 0 saturated carbocycles. The van der Waals surface area contributed by atoms with E-state index >= 15 is 0 Å². The van der Waals surface area contributed by atoms with E-state index in [2.05, 4.69) is 20.7 Å². The lowest BCUT2D eigenvalue weighted by molar-refractivity contribution is -0.122.